The number of carbonyl (C=O) groups is 1. The second-order valence-corrected chi connectivity index (χ2v) is 29.5. The van der Waals surface area contributed by atoms with Gasteiger partial charge in [-0.1, -0.05) is 0 Å². The summed E-state index contributed by atoms with van der Waals surface area (Å²) in [6, 6.07) is 40.1. The Morgan fingerprint density at radius 2 is 1.08 bits per heavy atom. The Hall–Kier alpha value is -1.98. The van der Waals surface area contributed by atoms with Crippen LogP contribution >= 0.6 is 0 Å². The zero-order valence-electron chi connectivity index (χ0n) is 20.6. The first-order chi connectivity index (χ1) is 17.3. The van der Waals surface area contributed by atoms with Crippen LogP contribution in [0.2, 0.25) is 0 Å². The fourth-order valence-electron chi connectivity index (χ4n) is 6.08. The third kappa shape index (κ3) is 5.58. The van der Waals surface area contributed by atoms with E-state index in [1.54, 1.807) is 0 Å². The quantitative estimate of drug-likeness (QED) is 0.260. The minimum atomic E-state index is -2.94. The molecule has 187 valence electrons. The SMILES string of the molecule is O=C([NH][Hf+2]([CH]1c2ccccc2-c2ccccc21)[SiH](c1ccccc1)c1ccccc1)C1CCCC1.[Cl-].[Cl-]. The summed E-state index contributed by atoms with van der Waals surface area (Å²) in [7, 11) is 0. The summed E-state index contributed by atoms with van der Waals surface area (Å²) in [4.78, 5) is 13.8. The molecule has 0 spiro atoms. The number of hydrogen-bond acceptors (Lipinski definition) is 1. The molecule has 6 rings (SSSR count). The first kappa shape index (κ1) is 28.0. The van der Waals surface area contributed by atoms with Crippen LogP contribution in [0.1, 0.15) is 40.5 Å². The largest absolute Gasteiger partial charge is 1.00 e. The fourth-order valence-corrected chi connectivity index (χ4v) is 36.5. The number of fused-ring (bicyclic) bond motifs is 3. The summed E-state index contributed by atoms with van der Waals surface area (Å²) in [6.07, 6.45) is 4.47. The molecule has 37 heavy (non-hydrogen) atoms. The molecule has 1 amide bonds. The summed E-state index contributed by atoms with van der Waals surface area (Å²) in [6.45, 7) is 0. The van der Waals surface area contributed by atoms with Gasteiger partial charge in [-0.15, -0.1) is 0 Å². The van der Waals surface area contributed by atoms with Gasteiger partial charge in [0.25, 0.3) is 0 Å². The maximum atomic E-state index is 13.8. The Balaban J connectivity index is 0.00000160. The predicted molar refractivity (Wildman–Crippen MR) is 143 cm³/mol. The molecule has 0 bridgehead atoms. The molecule has 1 N–H and O–H groups in total. The number of rotatable bonds is 6. The topological polar surface area (TPSA) is 29.1 Å². The number of amides is 1. The van der Waals surface area contributed by atoms with E-state index < -0.39 is 26.9 Å². The van der Waals surface area contributed by atoms with E-state index in [1.807, 2.05) is 0 Å². The third-order valence-electron chi connectivity index (χ3n) is 7.72. The molecule has 4 aromatic carbocycles. The number of halogens is 2. The number of nitrogens with one attached hydrogen (secondary N) is 1. The number of hydrogen-bond donors (Lipinski definition) is 1. The van der Waals surface area contributed by atoms with Crippen molar-refractivity contribution in [1.29, 1.82) is 0 Å². The molecule has 2 nitrogen and oxygen atoms in total. The first-order valence-corrected chi connectivity index (χ1v) is 24.6. The van der Waals surface area contributed by atoms with E-state index in [9.17, 15) is 4.79 Å². The molecule has 0 aromatic heterocycles. The Kier molecular flexibility index (Phi) is 9.63. The van der Waals surface area contributed by atoms with Gasteiger partial charge in [0, 0.05) is 0 Å². The maximum absolute atomic E-state index is 13.8. The first-order valence-electron chi connectivity index (χ1n) is 12.8. The summed E-state index contributed by atoms with van der Waals surface area (Å²) in [5.74, 6) is -1.11. The second-order valence-electron chi connectivity index (χ2n) is 9.79. The van der Waals surface area contributed by atoms with Gasteiger partial charge >= 0.3 is 218 Å². The van der Waals surface area contributed by atoms with Crippen molar-refractivity contribution in [1.82, 2.24) is 3.30 Å². The van der Waals surface area contributed by atoms with Gasteiger partial charge in [0.15, 0.2) is 0 Å². The van der Waals surface area contributed by atoms with Crippen molar-refractivity contribution < 1.29 is 50.5 Å². The molecule has 2 aliphatic rings. The van der Waals surface area contributed by atoms with Crippen molar-refractivity contribution in [3.63, 3.8) is 0 Å². The Morgan fingerprint density at radius 1 is 0.649 bits per heavy atom. The van der Waals surface area contributed by atoms with Gasteiger partial charge in [0.2, 0.25) is 0 Å². The van der Waals surface area contributed by atoms with E-state index in [0.29, 0.717) is 9.58 Å². The molecule has 4 aromatic rings. The standard InChI is InChI=1S/C13H9.C12H11Si.C6H11NO.2ClH.Hf/c1-3-7-12-10(5-1)9-11-6-2-4-8-13(11)12;1-3-7-11(8-4-1)13-12-9-5-2-6-10-12;7-6(8)5-3-1-2-4-5;;;/h1-9H;1-10,13H;5H,1-4H2,(H2,7,8);2*1H;/q;;;;;+3/p-3. The normalized spacial score (nSPS) is 14.3. The molecule has 0 saturated heterocycles. The summed E-state index contributed by atoms with van der Waals surface area (Å²) in [5, 5.41) is 2.93. The van der Waals surface area contributed by atoms with Crippen LogP contribution in [0.4, 0.5) is 0 Å². The minimum Gasteiger partial charge on any atom is -1.00 e. The van der Waals surface area contributed by atoms with Crippen molar-refractivity contribution in [2.24, 2.45) is 5.92 Å². The third-order valence-corrected chi connectivity index (χ3v) is 34.6. The van der Waals surface area contributed by atoms with Gasteiger partial charge in [-0.2, -0.15) is 0 Å². The van der Waals surface area contributed by atoms with E-state index in [-0.39, 0.29) is 30.7 Å². The molecule has 2 aliphatic carbocycles. The summed E-state index contributed by atoms with van der Waals surface area (Å²) >= 11 is -2.94. The molecule has 0 radical (unpaired) electrons. The Labute approximate surface area is 241 Å². The van der Waals surface area contributed by atoms with Gasteiger partial charge in [0.1, 0.15) is 0 Å². The van der Waals surface area contributed by atoms with Crippen LogP contribution in [0, 0.1) is 5.92 Å². The van der Waals surface area contributed by atoms with E-state index in [4.69, 9.17) is 0 Å². The maximum Gasteiger partial charge on any atom is -1.00 e. The van der Waals surface area contributed by atoms with Crippen molar-refractivity contribution in [3.05, 3.63) is 120 Å². The Morgan fingerprint density at radius 3 is 1.57 bits per heavy atom. The monoisotopic (exact) mass is 710 g/mol. The van der Waals surface area contributed by atoms with Crippen LogP contribution in [-0.4, -0.2) is 11.9 Å². The number of carbonyl (C=O) groups excluding carboxylic acids is 1. The van der Waals surface area contributed by atoms with E-state index in [0.717, 1.165) is 12.8 Å². The fraction of sp³-hybridized carbons (Fsp3) is 0.194. The summed E-state index contributed by atoms with van der Waals surface area (Å²) in [5.41, 5.74) is 5.60. The molecule has 0 aliphatic heterocycles. The average molecular weight is 710 g/mol. The van der Waals surface area contributed by atoms with Crippen molar-refractivity contribution in [2.75, 3.05) is 0 Å². The summed E-state index contributed by atoms with van der Waals surface area (Å²) < 4.78 is 4.27. The van der Waals surface area contributed by atoms with Gasteiger partial charge in [0.05, 0.1) is 0 Å². The van der Waals surface area contributed by atoms with E-state index in [1.165, 1.54) is 45.5 Å². The predicted octanol–water partition coefficient (Wildman–Crippen LogP) is -0.858. The minimum absolute atomic E-state index is 0. The Bertz CT molecular complexity index is 1240. The molecule has 0 heterocycles. The zero-order valence-corrected chi connectivity index (χ0v) is 26.9. The van der Waals surface area contributed by atoms with E-state index >= 15 is 0 Å². The van der Waals surface area contributed by atoms with Gasteiger partial charge in [-0.25, -0.2) is 0 Å². The van der Waals surface area contributed by atoms with Crippen LogP contribution < -0.4 is 38.5 Å². The van der Waals surface area contributed by atoms with Crippen molar-refractivity contribution >= 4 is 22.3 Å². The van der Waals surface area contributed by atoms with Crippen LogP contribution in [0.5, 0.6) is 0 Å². The molecular formula is C31H30Cl2HfNOSi. The van der Waals surface area contributed by atoms with Crippen LogP contribution in [0.25, 0.3) is 11.1 Å². The van der Waals surface area contributed by atoms with Gasteiger partial charge in [-0.05, 0) is 0 Å². The van der Waals surface area contributed by atoms with Crippen LogP contribution in [0.3, 0.4) is 0 Å². The molecule has 1 fully saturated rings. The smallest absolute Gasteiger partial charge is 1.00 e. The number of benzene rings is 4. The zero-order chi connectivity index (χ0) is 23.6. The van der Waals surface area contributed by atoms with Crippen molar-refractivity contribution in [3.8, 4) is 11.1 Å². The second kappa shape index (κ2) is 12.7. The van der Waals surface area contributed by atoms with Crippen LogP contribution in [-0.2, 0) is 25.7 Å². The van der Waals surface area contributed by atoms with Gasteiger partial charge in [-0.3, -0.25) is 0 Å². The van der Waals surface area contributed by atoms with Crippen molar-refractivity contribution in [2.45, 2.75) is 29.4 Å². The van der Waals surface area contributed by atoms with Crippen LogP contribution in [0.15, 0.2) is 109 Å². The molecular weight excluding hydrogens is 680 g/mol. The molecule has 1 saturated carbocycles. The molecule has 0 unspecified atom stereocenters. The average Bonchev–Trinajstić information content (AvgIpc) is 3.57. The van der Waals surface area contributed by atoms with Gasteiger partial charge < -0.3 is 24.8 Å². The molecule has 6 heteroatoms. The van der Waals surface area contributed by atoms with E-state index in [2.05, 4.69) is 112 Å². The molecule has 0 atom stereocenters.